The van der Waals surface area contributed by atoms with Gasteiger partial charge in [-0.1, -0.05) is 0 Å². The first kappa shape index (κ1) is 16.7. The summed E-state index contributed by atoms with van der Waals surface area (Å²) >= 11 is 0. The number of ketones is 1. The van der Waals surface area contributed by atoms with Gasteiger partial charge in [0.25, 0.3) is 5.78 Å². The molecule has 0 saturated heterocycles. The molecule has 0 bridgehead atoms. The van der Waals surface area contributed by atoms with Crippen LogP contribution in [0.2, 0.25) is 0 Å². The van der Waals surface area contributed by atoms with Gasteiger partial charge in [0.2, 0.25) is 0 Å². The molecule has 0 heterocycles. The van der Waals surface area contributed by atoms with Crippen molar-refractivity contribution in [3.63, 3.8) is 0 Å². The van der Waals surface area contributed by atoms with E-state index >= 15 is 0 Å². The molecule has 0 fully saturated rings. The van der Waals surface area contributed by atoms with E-state index in [-0.39, 0.29) is 5.56 Å². The first-order valence-electron chi connectivity index (χ1n) is 6.40. The normalized spacial score (nSPS) is 10.9. The second-order valence-corrected chi connectivity index (χ2v) is 5.73. The van der Waals surface area contributed by atoms with E-state index < -0.39 is 23.4 Å². The Morgan fingerprint density at radius 2 is 1.71 bits per heavy atom. The van der Waals surface area contributed by atoms with Crippen molar-refractivity contribution in [1.29, 1.82) is 0 Å². The largest absolute Gasteiger partial charge is 0.475 e. The number of carboxylic acid groups (broad SMARTS) is 1. The summed E-state index contributed by atoms with van der Waals surface area (Å²) in [5.41, 5.74) is 1.16. The molecule has 0 spiro atoms. The van der Waals surface area contributed by atoms with Gasteiger partial charge in [0.05, 0.1) is 0 Å². The van der Waals surface area contributed by atoms with Crippen LogP contribution in [0.5, 0.6) is 0 Å². The van der Waals surface area contributed by atoms with E-state index in [2.05, 4.69) is 5.32 Å². The van der Waals surface area contributed by atoms with Gasteiger partial charge >= 0.3 is 12.1 Å². The van der Waals surface area contributed by atoms with E-state index in [4.69, 9.17) is 9.84 Å². The van der Waals surface area contributed by atoms with Crippen LogP contribution in [0.3, 0.4) is 0 Å². The van der Waals surface area contributed by atoms with Crippen LogP contribution in [-0.2, 0) is 9.53 Å². The van der Waals surface area contributed by atoms with Gasteiger partial charge in [-0.05, 0) is 57.9 Å². The van der Waals surface area contributed by atoms with Gasteiger partial charge in [0.15, 0.2) is 0 Å². The molecule has 0 aliphatic carbocycles. The Bertz CT molecular complexity index is 599. The fourth-order valence-electron chi connectivity index (χ4n) is 1.66. The summed E-state index contributed by atoms with van der Waals surface area (Å²) in [5, 5.41) is 11.3. The lowest BCUT2D eigenvalue weighted by atomic mass is 10.0. The second kappa shape index (κ2) is 5.95. The zero-order valence-corrected chi connectivity index (χ0v) is 12.7. The lowest BCUT2D eigenvalue weighted by molar-refractivity contribution is -0.131. The summed E-state index contributed by atoms with van der Waals surface area (Å²) in [6.45, 7) is 8.69. The van der Waals surface area contributed by atoms with E-state index in [0.29, 0.717) is 11.3 Å². The van der Waals surface area contributed by atoms with Crippen molar-refractivity contribution < 1.29 is 24.2 Å². The molecule has 1 rings (SSSR count). The minimum absolute atomic E-state index is 0.0108. The number of rotatable bonds is 3. The van der Waals surface area contributed by atoms with Crippen LogP contribution < -0.4 is 5.32 Å². The van der Waals surface area contributed by atoms with Crippen LogP contribution in [0.25, 0.3) is 0 Å². The number of Topliss-reactive ketones (excluding diaryl/α,β-unsaturated/α-hetero) is 1. The molecule has 0 atom stereocenters. The van der Waals surface area contributed by atoms with E-state index in [1.807, 2.05) is 0 Å². The van der Waals surface area contributed by atoms with Crippen LogP contribution in [-0.4, -0.2) is 28.6 Å². The highest BCUT2D eigenvalue weighted by atomic mass is 16.6. The number of benzene rings is 1. The van der Waals surface area contributed by atoms with Crippen molar-refractivity contribution >= 4 is 23.5 Å². The van der Waals surface area contributed by atoms with Gasteiger partial charge in [0.1, 0.15) is 5.60 Å². The van der Waals surface area contributed by atoms with Crippen LogP contribution in [0, 0.1) is 13.8 Å². The topological polar surface area (TPSA) is 92.7 Å². The van der Waals surface area contributed by atoms with Crippen LogP contribution in [0.15, 0.2) is 12.1 Å². The highest BCUT2D eigenvalue weighted by Crippen LogP contribution is 2.22. The van der Waals surface area contributed by atoms with Crippen molar-refractivity contribution in [3.8, 4) is 0 Å². The van der Waals surface area contributed by atoms with Crippen LogP contribution >= 0.6 is 0 Å². The van der Waals surface area contributed by atoms with Gasteiger partial charge in [-0.15, -0.1) is 0 Å². The van der Waals surface area contributed by atoms with Crippen LogP contribution in [0.1, 0.15) is 42.3 Å². The van der Waals surface area contributed by atoms with Crippen molar-refractivity contribution in [2.45, 2.75) is 40.2 Å². The molecule has 0 aliphatic rings. The number of nitrogens with one attached hydrogen (secondary N) is 1. The fourth-order valence-corrected chi connectivity index (χ4v) is 1.66. The van der Waals surface area contributed by atoms with Gasteiger partial charge in [0, 0.05) is 11.3 Å². The number of amides is 1. The molecule has 2 N–H and O–H groups in total. The van der Waals surface area contributed by atoms with Gasteiger partial charge < -0.3 is 9.84 Å². The number of carbonyl (C=O) groups excluding carboxylic acids is 2. The molecule has 0 saturated carbocycles. The van der Waals surface area contributed by atoms with Crippen molar-refractivity contribution in [2.75, 3.05) is 5.32 Å². The second-order valence-electron chi connectivity index (χ2n) is 5.73. The summed E-state index contributed by atoms with van der Waals surface area (Å²) < 4.78 is 5.13. The molecule has 0 aromatic heterocycles. The molecular formula is C15H19NO5. The van der Waals surface area contributed by atoms with E-state index in [1.54, 1.807) is 34.6 Å². The van der Waals surface area contributed by atoms with Gasteiger partial charge in [-0.25, -0.2) is 9.59 Å². The number of aryl methyl sites for hydroxylation is 1. The molecule has 0 radical (unpaired) electrons. The quantitative estimate of drug-likeness (QED) is 0.660. The number of carboxylic acids is 1. The maximum atomic E-state index is 11.8. The summed E-state index contributed by atoms with van der Waals surface area (Å²) in [6.07, 6.45) is -0.662. The predicted molar refractivity (Wildman–Crippen MR) is 77.7 cm³/mol. The molecule has 1 aromatic carbocycles. The summed E-state index contributed by atoms with van der Waals surface area (Å²) in [6, 6.07) is 2.81. The zero-order chi connectivity index (χ0) is 16.4. The van der Waals surface area contributed by atoms with E-state index in [1.165, 1.54) is 12.1 Å². The molecule has 6 nitrogen and oxygen atoms in total. The van der Waals surface area contributed by atoms with Crippen LogP contribution in [0.4, 0.5) is 10.5 Å². The first-order chi connectivity index (χ1) is 9.51. The highest BCUT2D eigenvalue weighted by Gasteiger charge is 2.20. The predicted octanol–water partition coefficient (Wildman–Crippen LogP) is 2.92. The fraction of sp³-hybridized carbons (Fsp3) is 0.400. The molecule has 114 valence electrons. The number of hydrogen-bond acceptors (Lipinski definition) is 4. The van der Waals surface area contributed by atoms with Gasteiger partial charge in [-0.3, -0.25) is 10.1 Å². The lowest BCUT2D eigenvalue weighted by Crippen LogP contribution is -2.27. The van der Waals surface area contributed by atoms with E-state index in [0.717, 1.165) is 5.56 Å². The van der Waals surface area contributed by atoms with Crippen molar-refractivity contribution in [1.82, 2.24) is 0 Å². The lowest BCUT2D eigenvalue weighted by Gasteiger charge is -2.20. The summed E-state index contributed by atoms with van der Waals surface area (Å²) in [5.74, 6) is -2.56. The molecule has 1 amide bonds. The number of carbonyl (C=O) groups is 3. The molecule has 6 heteroatoms. The Balaban J connectivity index is 3.10. The number of ether oxygens (including phenoxy) is 1. The van der Waals surface area contributed by atoms with Crippen molar-refractivity contribution in [2.24, 2.45) is 0 Å². The Morgan fingerprint density at radius 3 is 2.19 bits per heavy atom. The Labute approximate surface area is 123 Å². The molecular weight excluding hydrogens is 274 g/mol. The minimum Gasteiger partial charge on any atom is -0.475 e. The SMILES string of the molecule is Cc1cc(C(=O)C(=O)O)cc(NC(=O)OC(C)(C)C)c1C. The van der Waals surface area contributed by atoms with Crippen molar-refractivity contribution in [3.05, 3.63) is 28.8 Å². The third kappa shape index (κ3) is 4.59. The Morgan fingerprint density at radius 1 is 1.14 bits per heavy atom. The smallest absolute Gasteiger partial charge is 0.412 e. The summed E-state index contributed by atoms with van der Waals surface area (Å²) in [7, 11) is 0. The van der Waals surface area contributed by atoms with Gasteiger partial charge in [-0.2, -0.15) is 0 Å². The number of hydrogen-bond donors (Lipinski definition) is 2. The molecule has 0 aliphatic heterocycles. The third-order valence-corrected chi connectivity index (χ3v) is 2.76. The highest BCUT2D eigenvalue weighted by molar-refractivity contribution is 6.40. The third-order valence-electron chi connectivity index (χ3n) is 2.76. The minimum atomic E-state index is -1.54. The monoisotopic (exact) mass is 293 g/mol. The molecule has 0 unspecified atom stereocenters. The molecule has 1 aromatic rings. The maximum absolute atomic E-state index is 11.8. The Hall–Kier alpha value is -2.37. The Kier molecular flexibility index (Phi) is 4.73. The average molecular weight is 293 g/mol. The first-order valence-corrected chi connectivity index (χ1v) is 6.40. The zero-order valence-electron chi connectivity index (χ0n) is 12.7. The number of anilines is 1. The molecule has 21 heavy (non-hydrogen) atoms. The number of aliphatic carboxylic acids is 1. The average Bonchev–Trinajstić information content (AvgIpc) is 2.31. The van der Waals surface area contributed by atoms with E-state index in [9.17, 15) is 14.4 Å². The maximum Gasteiger partial charge on any atom is 0.412 e. The standard InChI is InChI=1S/C15H19NO5/c1-8-6-10(12(17)13(18)19)7-11(9(8)2)16-14(20)21-15(3,4)5/h6-7H,1-5H3,(H,16,20)(H,18,19). The summed E-state index contributed by atoms with van der Waals surface area (Å²) in [4.78, 5) is 34.1.